The van der Waals surface area contributed by atoms with E-state index < -0.39 is 0 Å². The molecule has 2 nitrogen and oxygen atoms in total. The number of nitrogens with zero attached hydrogens (tertiary/aromatic N) is 2. The maximum absolute atomic E-state index is 2.39. The van der Waals surface area contributed by atoms with Crippen LogP contribution in [0.4, 0.5) is 34.1 Å². The van der Waals surface area contributed by atoms with Gasteiger partial charge in [-0.25, -0.2) is 0 Å². The van der Waals surface area contributed by atoms with Gasteiger partial charge < -0.3 is 9.80 Å². The molecule has 0 N–H and O–H groups in total. The molecule has 0 aromatic heterocycles. The molecule has 1 saturated carbocycles. The van der Waals surface area contributed by atoms with Crippen molar-refractivity contribution in [3.05, 3.63) is 204 Å². The Morgan fingerprint density at radius 1 is 0.436 bits per heavy atom. The van der Waals surface area contributed by atoms with Crippen molar-refractivity contribution in [2.24, 2.45) is 0 Å². The number of hydrogen-bond acceptors (Lipinski definition) is 2. The van der Waals surface area contributed by atoms with Crippen molar-refractivity contribution < 1.29 is 0 Å². The lowest BCUT2D eigenvalue weighted by molar-refractivity contribution is 0.443. The van der Waals surface area contributed by atoms with Crippen molar-refractivity contribution in [1.29, 1.82) is 0 Å². The quantitative estimate of drug-likeness (QED) is 0.147. The van der Waals surface area contributed by atoms with Gasteiger partial charge in [-0.05, 0) is 131 Å². The van der Waals surface area contributed by atoms with Gasteiger partial charge in [0.2, 0.25) is 0 Å². The van der Waals surface area contributed by atoms with E-state index >= 15 is 0 Å². The van der Waals surface area contributed by atoms with E-state index in [0.717, 1.165) is 11.4 Å². The molecule has 2 aliphatic rings. The fraction of sp³-hybridized carbons (Fsp3) is 0.208. The first kappa shape index (κ1) is 34.9. The zero-order valence-corrected chi connectivity index (χ0v) is 32.3. The zero-order chi connectivity index (χ0) is 37.4. The Morgan fingerprint density at radius 2 is 0.873 bits per heavy atom. The third-order valence-electron chi connectivity index (χ3n) is 12.4. The summed E-state index contributed by atoms with van der Waals surface area (Å²) in [5.74, 6) is 0.945. The number of rotatable bonds is 9. The number of para-hydroxylation sites is 2. The number of hydrogen-bond donors (Lipinski definition) is 0. The van der Waals surface area contributed by atoms with Crippen LogP contribution in [0.5, 0.6) is 0 Å². The molecule has 272 valence electrons. The summed E-state index contributed by atoms with van der Waals surface area (Å²) >= 11 is 0. The molecule has 0 saturated heterocycles. The summed E-state index contributed by atoms with van der Waals surface area (Å²) in [7, 11) is 0. The molecular weight excluding hydrogens is 665 g/mol. The Kier molecular flexibility index (Phi) is 9.36. The van der Waals surface area contributed by atoms with E-state index in [1.807, 2.05) is 0 Å². The SMILES string of the molecule is CC(c1ccc(N(c2ccccc2)c2ccc(C3CCCCC3)cc2)cc1)c1ccc(N(c2ccccc2)c2ccc3c(c2)-c2ccccc2C3(C)C)cc1. The van der Waals surface area contributed by atoms with E-state index in [0.29, 0.717) is 5.92 Å². The zero-order valence-electron chi connectivity index (χ0n) is 32.3. The molecule has 0 bridgehead atoms. The molecule has 2 aliphatic carbocycles. The molecule has 1 atom stereocenters. The summed E-state index contributed by atoms with van der Waals surface area (Å²) in [5.41, 5.74) is 16.5. The molecule has 9 rings (SSSR count). The Morgan fingerprint density at radius 3 is 1.44 bits per heavy atom. The normalized spacial score (nSPS) is 15.2. The van der Waals surface area contributed by atoms with Crippen LogP contribution in [-0.4, -0.2) is 0 Å². The van der Waals surface area contributed by atoms with Gasteiger partial charge in [0.05, 0.1) is 0 Å². The van der Waals surface area contributed by atoms with Crippen LogP contribution in [-0.2, 0) is 5.41 Å². The molecule has 7 aromatic carbocycles. The molecule has 0 aliphatic heterocycles. The van der Waals surface area contributed by atoms with Crippen LogP contribution in [0.15, 0.2) is 176 Å². The first-order chi connectivity index (χ1) is 27.0. The van der Waals surface area contributed by atoms with Crippen molar-refractivity contribution in [3.8, 4) is 11.1 Å². The smallest absolute Gasteiger partial charge is 0.0468 e. The largest absolute Gasteiger partial charge is 0.311 e. The van der Waals surface area contributed by atoms with Crippen LogP contribution in [0.1, 0.15) is 92.5 Å². The molecule has 0 spiro atoms. The summed E-state index contributed by atoms with van der Waals surface area (Å²) in [4.78, 5) is 4.77. The van der Waals surface area contributed by atoms with Crippen molar-refractivity contribution in [2.45, 2.75) is 70.1 Å². The second-order valence-corrected chi connectivity index (χ2v) is 16.1. The number of anilines is 6. The topological polar surface area (TPSA) is 6.48 Å². The van der Waals surface area contributed by atoms with Gasteiger partial charge in [0, 0.05) is 45.5 Å². The fourth-order valence-electron chi connectivity index (χ4n) is 9.24. The molecule has 0 radical (unpaired) electrons. The molecular formula is C53H50N2. The maximum atomic E-state index is 2.39. The highest BCUT2D eigenvalue weighted by Gasteiger charge is 2.35. The monoisotopic (exact) mass is 714 g/mol. The standard InChI is InChI=1S/C53H50N2/c1-38(39-23-29-45(30-24-39)54(43-17-9-5-10-18-43)46-33-27-42(28-34-46)41-15-7-4-8-16-41)40-25-31-47(32-26-40)55(44-19-11-6-12-20-44)48-35-36-52-50(37-48)49-21-13-14-22-51(49)53(52,2)3/h5-6,9-14,17-38,41H,4,7-8,15-16H2,1-3H3. The summed E-state index contributed by atoms with van der Waals surface area (Å²) < 4.78 is 0. The molecule has 55 heavy (non-hydrogen) atoms. The third kappa shape index (κ3) is 6.65. The Bertz CT molecular complexity index is 2370. The minimum atomic E-state index is -0.0162. The minimum Gasteiger partial charge on any atom is -0.311 e. The van der Waals surface area contributed by atoms with Gasteiger partial charge in [0.1, 0.15) is 0 Å². The molecule has 2 heteroatoms. The van der Waals surface area contributed by atoms with E-state index in [1.165, 1.54) is 93.8 Å². The predicted octanol–water partition coefficient (Wildman–Crippen LogP) is 15.1. The second kappa shape index (κ2) is 14.8. The van der Waals surface area contributed by atoms with E-state index in [9.17, 15) is 0 Å². The third-order valence-corrected chi connectivity index (χ3v) is 12.4. The van der Waals surface area contributed by atoms with Gasteiger partial charge in [0.15, 0.2) is 0 Å². The van der Waals surface area contributed by atoms with Crippen LogP contribution < -0.4 is 9.80 Å². The fourth-order valence-corrected chi connectivity index (χ4v) is 9.24. The van der Waals surface area contributed by atoms with Gasteiger partial charge >= 0.3 is 0 Å². The Labute approximate surface area is 327 Å². The number of benzene rings is 7. The first-order valence-corrected chi connectivity index (χ1v) is 20.2. The second-order valence-electron chi connectivity index (χ2n) is 16.1. The van der Waals surface area contributed by atoms with Gasteiger partial charge in [-0.3, -0.25) is 0 Å². The van der Waals surface area contributed by atoms with E-state index in [-0.39, 0.29) is 11.3 Å². The lowest BCUT2D eigenvalue weighted by Gasteiger charge is -2.28. The van der Waals surface area contributed by atoms with Gasteiger partial charge in [-0.15, -0.1) is 0 Å². The van der Waals surface area contributed by atoms with E-state index in [1.54, 1.807) is 0 Å². The van der Waals surface area contributed by atoms with E-state index in [4.69, 9.17) is 0 Å². The van der Waals surface area contributed by atoms with Crippen LogP contribution in [0.2, 0.25) is 0 Å². The van der Waals surface area contributed by atoms with Crippen molar-refractivity contribution in [2.75, 3.05) is 9.80 Å². The average molecular weight is 715 g/mol. The van der Waals surface area contributed by atoms with Gasteiger partial charge in [-0.2, -0.15) is 0 Å². The Hall–Kier alpha value is -5.86. The van der Waals surface area contributed by atoms with Crippen molar-refractivity contribution in [3.63, 3.8) is 0 Å². The highest BCUT2D eigenvalue weighted by Crippen LogP contribution is 2.50. The average Bonchev–Trinajstić information content (AvgIpc) is 3.48. The summed E-state index contributed by atoms with van der Waals surface area (Å²) in [5, 5.41) is 0. The highest BCUT2D eigenvalue weighted by atomic mass is 15.1. The van der Waals surface area contributed by atoms with Crippen LogP contribution >= 0.6 is 0 Å². The highest BCUT2D eigenvalue weighted by molar-refractivity contribution is 5.86. The summed E-state index contributed by atoms with van der Waals surface area (Å²) in [6.45, 7) is 7.00. The number of fused-ring (bicyclic) bond motifs is 3. The molecule has 7 aromatic rings. The maximum Gasteiger partial charge on any atom is 0.0468 e. The molecule has 0 amide bonds. The Balaban J connectivity index is 0.992. The van der Waals surface area contributed by atoms with Crippen LogP contribution in [0.25, 0.3) is 11.1 Å². The van der Waals surface area contributed by atoms with E-state index in [2.05, 4.69) is 206 Å². The minimum absolute atomic E-state index is 0.0162. The van der Waals surface area contributed by atoms with Gasteiger partial charge in [0.25, 0.3) is 0 Å². The lowest BCUT2D eigenvalue weighted by atomic mass is 9.82. The molecule has 1 fully saturated rings. The summed E-state index contributed by atoms with van der Waals surface area (Å²) in [6, 6.07) is 65.1. The summed E-state index contributed by atoms with van der Waals surface area (Å²) in [6.07, 6.45) is 6.73. The molecule has 1 unspecified atom stereocenters. The van der Waals surface area contributed by atoms with Crippen molar-refractivity contribution >= 4 is 34.1 Å². The van der Waals surface area contributed by atoms with Gasteiger partial charge in [-0.1, -0.05) is 143 Å². The van der Waals surface area contributed by atoms with Crippen molar-refractivity contribution in [1.82, 2.24) is 0 Å². The van der Waals surface area contributed by atoms with Crippen LogP contribution in [0, 0.1) is 0 Å². The predicted molar refractivity (Wildman–Crippen MR) is 233 cm³/mol. The molecule has 0 heterocycles. The first-order valence-electron chi connectivity index (χ1n) is 20.2. The lowest BCUT2D eigenvalue weighted by Crippen LogP contribution is -2.15. The van der Waals surface area contributed by atoms with Crippen LogP contribution in [0.3, 0.4) is 0 Å².